The molecular weight excluding hydrogens is 348 g/mol. The number of nitrogens with one attached hydrogen (secondary N) is 2. The first-order valence-corrected chi connectivity index (χ1v) is 7.89. The third kappa shape index (κ3) is 5.36. The second-order valence-corrected chi connectivity index (χ2v) is 5.72. The quantitative estimate of drug-likeness (QED) is 0.773. The van der Waals surface area contributed by atoms with Gasteiger partial charge in [-0.25, -0.2) is 0 Å². The SMILES string of the molecule is CCOc1cccc(CNC(=S)Nc2ccc(Br)cc2)c1. The van der Waals surface area contributed by atoms with Gasteiger partial charge in [-0.1, -0.05) is 28.1 Å². The molecule has 2 rings (SSSR count). The monoisotopic (exact) mass is 364 g/mol. The van der Waals surface area contributed by atoms with E-state index in [1.165, 1.54) is 0 Å². The van der Waals surface area contributed by atoms with Crippen molar-refractivity contribution in [1.29, 1.82) is 0 Å². The van der Waals surface area contributed by atoms with Crippen LogP contribution in [0, 0.1) is 0 Å². The van der Waals surface area contributed by atoms with Gasteiger partial charge in [0.1, 0.15) is 5.75 Å². The fourth-order valence-electron chi connectivity index (χ4n) is 1.80. The normalized spacial score (nSPS) is 10.0. The topological polar surface area (TPSA) is 33.3 Å². The summed E-state index contributed by atoms with van der Waals surface area (Å²) < 4.78 is 6.52. The van der Waals surface area contributed by atoms with Gasteiger partial charge in [0.25, 0.3) is 0 Å². The van der Waals surface area contributed by atoms with Gasteiger partial charge in [-0.05, 0) is 61.1 Å². The van der Waals surface area contributed by atoms with E-state index in [4.69, 9.17) is 17.0 Å². The summed E-state index contributed by atoms with van der Waals surface area (Å²) >= 11 is 8.69. The number of ether oxygens (including phenoxy) is 1. The number of halogens is 1. The van der Waals surface area contributed by atoms with E-state index in [2.05, 4.69) is 26.6 Å². The fourth-order valence-corrected chi connectivity index (χ4v) is 2.26. The number of thiocarbonyl (C=S) groups is 1. The number of hydrogen-bond donors (Lipinski definition) is 2. The molecule has 0 aliphatic heterocycles. The Labute approximate surface area is 138 Å². The maximum Gasteiger partial charge on any atom is 0.171 e. The van der Waals surface area contributed by atoms with E-state index in [9.17, 15) is 0 Å². The van der Waals surface area contributed by atoms with Crippen molar-refractivity contribution < 1.29 is 4.74 Å². The lowest BCUT2D eigenvalue weighted by Gasteiger charge is -2.11. The molecule has 5 heteroatoms. The van der Waals surface area contributed by atoms with Crippen molar-refractivity contribution >= 4 is 38.9 Å². The van der Waals surface area contributed by atoms with E-state index in [1.807, 2.05) is 55.5 Å². The summed E-state index contributed by atoms with van der Waals surface area (Å²) in [5.74, 6) is 0.878. The molecular formula is C16H17BrN2OS. The average Bonchev–Trinajstić information content (AvgIpc) is 2.48. The smallest absolute Gasteiger partial charge is 0.171 e. The van der Waals surface area contributed by atoms with Crippen molar-refractivity contribution in [2.75, 3.05) is 11.9 Å². The highest BCUT2D eigenvalue weighted by atomic mass is 79.9. The Balaban J connectivity index is 1.86. The van der Waals surface area contributed by atoms with Crippen LogP contribution in [0.25, 0.3) is 0 Å². The van der Waals surface area contributed by atoms with Crippen molar-refractivity contribution in [3.05, 3.63) is 58.6 Å². The van der Waals surface area contributed by atoms with Gasteiger partial charge in [-0.2, -0.15) is 0 Å². The van der Waals surface area contributed by atoms with Crippen LogP contribution in [-0.4, -0.2) is 11.7 Å². The maximum atomic E-state index is 5.48. The Morgan fingerprint density at radius 1 is 1.19 bits per heavy atom. The molecule has 0 spiro atoms. The Bertz CT molecular complexity index is 601. The zero-order valence-corrected chi connectivity index (χ0v) is 14.1. The summed E-state index contributed by atoms with van der Waals surface area (Å²) in [6, 6.07) is 15.9. The summed E-state index contributed by atoms with van der Waals surface area (Å²) in [6.45, 7) is 3.30. The van der Waals surface area contributed by atoms with Crippen LogP contribution in [0.3, 0.4) is 0 Å². The van der Waals surface area contributed by atoms with Crippen molar-refractivity contribution in [2.45, 2.75) is 13.5 Å². The largest absolute Gasteiger partial charge is 0.494 e. The summed E-state index contributed by atoms with van der Waals surface area (Å²) in [5.41, 5.74) is 2.08. The molecule has 0 amide bonds. The van der Waals surface area contributed by atoms with Crippen molar-refractivity contribution in [3.63, 3.8) is 0 Å². The molecule has 0 saturated heterocycles. The molecule has 0 heterocycles. The Morgan fingerprint density at radius 3 is 2.67 bits per heavy atom. The summed E-state index contributed by atoms with van der Waals surface area (Å²) in [5, 5.41) is 6.93. The van der Waals surface area contributed by atoms with Crippen molar-refractivity contribution in [3.8, 4) is 5.75 Å². The van der Waals surface area contributed by atoms with Gasteiger partial charge in [0.05, 0.1) is 6.61 Å². The molecule has 0 radical (unpaired) electrons. The van der Waals surface area contributed by atoms with Crippen LogP contribution in [0.15, 0.2) is 53.0 Å². The average molecular weight is 365 g/mol. The summed E-state index contributed by atoms with van der Waals surface area (Å²) in [6.07, 6.45) is 0. The molecule has 0 aromatic heterocycles. The highest BCUT2D eigenvalue weighted by Crippen LogP contribution is 2.15. The lowest BCUT2D eigenvalue weighted by atomic mass is 10.2. The number of hydrogen-bond acceptors (Lipinski definition) is 2. The predicted molar refractivity (Wildman–Crippen MR) is 94.8 cm³/mol. The summed E-state index contributed by atoms with van der Waals surface area (Å²) in [4.78, 5) is 0. The highest BCUT2D eigenvalue weighted by Gasteiger charge is 2.00. The lowest BCUT2D eigenvalue weighted by Crippen LogP contribution is -2.27. The molecule has 0 aliphatic rings. The van der Waals surface area contributed by atoms with Gasteiger partial charge in [0.15, 0.2) is 5.11 Å². The first-order valence-electron chi connectivity index (χ1n) is 6.69. The molecule has 0 unspecified atom stereocenters. The predicted octanol–water partition coefficient (Wildman–Crippen LogP) is 4.33. The molecule has 21 heavy (non-hydrogen) atoms. The van der Waals surface area contributed by atoms with Crippen LogP contribution in [0.1, 0.15) is 12.5 Å². The standard InChI is InChI=1S/C16H17BrN2OS/c1-2-20-15-5-3-4-12(10-15)11-18-16(21)19-14-8-6-13(17)7-9-14/h3-10H,2,11H2,1H3,(H2,18,19,21). The van der Waals surface area contributed by atoms with Crippen LogP contribution < -0.4 is 15.4 Å². The molecule has 0 bridgehead atoms. The number of benzene rings is 2. The van der Waals surface area contributed by atoms with Crippen LogP contribution in [-0.2, 0) is 6.54 Å². The number of rotatable bonds is 5. The van der Waals surface area contributed by atoms with E-state index in [1.54, 1.807) is 0 Å². The second-order valence-electron chi connectivity index (χ2n) is 4.39. The van der Waals surface area contributed by atoms with Gasteiger partial charge in [0, 0.05) is 16.7 Å². The zero-order chi connectivity index (χ0) is 15.1. The fraction of sp³-hybridized carbons (Fsp3) is 0.188. The van der Waals surface area contributed by atoms with Crippen LogP contribution in [0.4, 0.5) is 5.69 Å². The second kappa shape index (κ2) is 8.00. The van der Waals surface area contributed by atoms with E-state index in [0.717, 1.165) is 21.5 Å². The van der Waals surface area contributed by atoms with Crippen molar-refractivity contribution in [2.24, 2.45) is 0 Å². The van der Waals surface area contributed by atoms with Gasteiger partial charge >= 0.3 is 0 Å². The first kappa shape index (κ1) is 15.8. The molecule has 0 atom stereocenters. The Hall–Kier alpha value is -1.59. The molecule has 2 N–H and O–H groups in total. The lowest BCUT2D eigenvalue weighted by molar-refractivity contribution is 0.340. The van der Waals surface area contributed by atoms with Crippen molar-refractivity contribution in [1.82, 2.24) is 5.32 Å². The van der Waals surface area contributed by atoms with E-state index >= 15 is 0 Å². The minimum Gasteiger partial charge on any atom is -0.494 e. The molecule has 2 aromatic carbocycles. The van der Waals surface area contributed by atoms with Gasteiger partial charge in [-0.15, -0.1) is 0 Å². The molecule has 2 aromatic rings. The van der Waals surface area contributed by atoms with Crippen LogP contribution in [0.2, 0.25) is 0 Å². The molecule has 0 aliphatic carbocycles. The van der Waals surface area contributed by atoms with E-state index < -0.39 is 0 Å². The molecule has 0 fully saturated rings. The van der Waals surface area contributed by atoms with E-state index in [0.29, 0.717) is 18.3 Å². The molecule has 110 valence electrons. The van der Waals surface area contributed by atoms with Crippen LogP contribution >= 0.6 is 28.1 Å². The summed E-state index contributed by atoms with van der Waals surface area (Å²) in [7, 11) is 0. The minimum atomic E-state index is 0.596. The Kier molecular flexibility index (Phi) is 6.02. The third-order valence-corrected chi connectivity index (χ3v) is 3.54. The van der Waals surface area contributed by atoms with Gasteiger partial charge in [-0.3, -0.25) is 0 Å². The Morgan fingerprint density at radius 2 is 1.95 bits per heavy atom. The molecule has 0 saturated carbocycles. The first-order chi connectivity index (χ1) is 10.2. The third-order valence-electron chi connectivity index (χ3n) is 2.76. The molecule has 3 nitrogen and oxygen atoms in total. The maximum absolute atomic E-state index is 5.48. The number of anilines is 1. The highest BCUT2D eigenvalue weighted by molar-refractivity contribution is 9.10. The van der Waals surface area contributed by atoms with Gasteiger partial charge in [0.2, 0.25) is 0 Å². The van der Waals surface area contributed by atoms with Crippen LogP contribution in [0.5, 0.6) is 5.75 Å². The zero-order valence-electron chi connectivity index (χ0n) is 11.7. The van der Waals surface area contributed by atoms with Gasteiger partial charge < -0.3 is 15.4 Å². The minimum absolute atomic E-state index is 0.596. The van der Waals surface area contributed by atoms with E-state index in [-0.39, 0.29) is 0 Å².